The van der Waals surface area contributed by atoms with Gasteiger partial charge in [0.1, 0.15) is 11.5 Å². The predicted molar refractivity (Wildman–Crippen MR) is 91.6 cm³/mol. The van der Waals surface area contributed by atoms with Crippen molar-refractivity contribution in [2.75, 3.05) is 0 Å². The first-order valence-corrected chi connectivity index (χ1v) is 8.48. The summed E-state index contributed by atoms with van der Waals surface area (Å²) in [6.07, 6.45) is -0.514. The van der Waals surface area contributed by atoms with E-state index in [-0.39, 0.29) is 52.2 Å². The van der Waals surface area contributed by atoms with Crippen LogP contribution in [0.4, 0.5) is 0 Å². The molecular formula is C20H18O6. The quantitative estimate of drug-likeness (QED) is 0.531. The third-order valence-electron chi connectivity index (χ3n) is 5.52. The molecule has 0 spiro atoms. The summed E-state index contributed by atoms with van der Waals surface area (Å²) in [4.78, 5) is 25.7. The number of aliphatic hydroxyl groups is 2. The smallest absolute Gasteiger partial charge is 0.198 e. The number of carbonyl (C=O) groups excluding carboxylic acids is 2. The Balaban J connectivity index is 1.99. The Morgan fingerprint density at radius 3 is 2.50 bits per heavy atom. The van der Waals surface area contributed by atoms with Crippen molar-refractivity contribution in [2.45, 2.75) is 37.9 Å². The van der Waals surface area contributed by atoms with Crippen LogP contribution < -0.4 is 0 Å². The highest BCUT2D eigenvalue weighted by Gasteiger charge is 2.42. The second kappa shape index (κ2) is 5.40. The third kappa shape index (κ3) is 2.12. The van der Waals surface area contributed by atoms with Gasteiger partial charge in [-0.3, -0.25) is 9.59 Å². The first kappa shape index (κ1) is 16.8. The molecule has 4 rings (SSSR count). The minimum atomic E-state index is -1.18. The summed E-state index contributed by atoms with van der Waals surface area (Å²) in [6, 6.07) is 5.61. The number of aromatic hydroxyl groups is 2. The van der Waals surface area contributed by atoms with E-state index in [2.05, 4.69) is 0 Å². The highest BCUT2D eigenvalue weighted by atomic mass is 16.3. The van der Waals surface area contributed by atoms with Gasteiger partial charge >= 0.3 is 0 Å². The van der Waals surface area contributed by atoms with Crippen molar-refractivity contribution < 1.29 is 30.0 Å². The molecule has 134 valence electrons. The fourth-order valence-electron chi connectivity index (χ4n) is 4.00. The molecule has 2 aromatic carbocycles. The molecule has 0 amide bonds. The number of hydrogen-bond acceptors (Lipinski definition) is 6. The van der Waals surface area contributed by atoms with Crippen LogP contribution in [0.25, 0.3) is 0 Å². The maximum Gasteiger partial charge on any atom is 0.198 e. The number of phenols is 2. The molecule has 2 atom stereocenters. The van der Waals surface area contributed by atoms with Crippen LogP contribution >= 0.6 is 0 Å². The van der Waals surface area contributed by atoms with Gasteiger partial charge in [-0.05, 0) is 24.1 Å². The lowest BCUT2D eigenvalue weighted by molar-refractivity contribution is -0.0253. The Kier molecular flexibility index (Phi) is 3.48. The average Bonchev–Trinajstić information content (AvgIpc) is 2.60. The summed E-state index contributed by atoms with van der Waals surface area (Å²) in [5.41, 5.74) is -0.813. The molecule has 0 aliphatic heterocycles. The van der Waals surface area contributed by atoms with E-state index >= 15 is 0 Å². The lowest BCUT2D eigenvalue weighted by Crippen LogP contribution is -2.37. The molecule has 2 aromatic rings. The first-order chi connectivity index (χ1) is 12.3. The lowest BCUT2D eigenvalue weighted by Gasteiger charge is -2.37. The molecule has 0 unspecified atom stereocenters. The summed E-state index contributed by atoms with van der Waals surface area (Å²) in [7, 11) is 0. The van der Waals surface area contributed by atoms with Crippen LogP contribution in [0.15, 0.2) is 24.3 Å². The highest BCUT2D eigenvalue weighted by Crippen LogP contribution is 2.46. The minimum absolute atomic E-state index is 0.0276. The number of ketones is 2. The van der Waals surface area contributed by atoms with Crippen molar-refractivity contribution in [3.63, 3.8) is 0 Å². The Morgan fingerprint density at radius 1 is 1.12 bits per heavy atom. The Hall–Kier alpha value is -2.70. The number of benzene rings is 2. The molecule has 6 heteroatoms. The van der Waals surface area contributed by atoms with E-state index in [1.165, 1.54) is 24.3 Å². The molecule has 2 aliphatic rings. The fraction of sp³-hybridized carbons (Fsp3) is 0.300. The lowest BCUT2D eigenvalue weighted by atomic mass is 9.73. The number of phenolic OH excluding ortho intramolecular Hbond substituents is 2. The monoisotopic (exact) mass is 354 g/mol. The van der Waals surface area contributed by atoms with Gasteiger partial charge in [0.05, 0.1) is 22.8 Å². The molecule has 0 bridgehead atoms. The van der Waals surface area contributed by atoms with Gasteiger partial charge in [0.15, 0.2) is 11.6 Å². The van der Waals surface area contributed by atoms with E-state index in [1.54, 1.807) is 6.92 Å². The number of aliphatic hydroxyl groups excluding tert-OH is 1. The number of fused-ring (bicyclic) bond motifs is 3. The van der Waals surface area contributed by atoms with Crippen LogP contribution in [0.1, 0.15) is 68.8 Å². The van der Waals surface area contributed by atoms with Crippen LogP contribution in [0, 0.1) is 0 Å². The average molecular weight is 354 g/mol. The van der Waals surface area contributed by atoms with Crippen LogP contribution in [0.2, 0.25) is 0 Å². The molecule has 4 N–H and O–H groups in total. The maximum absolute atomic E-state index is 12.9. The van der Waals surface area contributed by atoms with E-state index < -0.39 is 23.3 Å². The summed E-state index contributed by atoms with van der Waals surface area (Å²) < 4.78 is 0. The molecule has 2 aliphatic carbocycles. The molecule has 0 radical (unpaired) electrons. The molecule has 0 fully saturated rings. The summed E-state index contributed by atoms with van der Waals surface area (Å²) in [6.45, 7) is 1.78. The van der Waals surface area contributed by atoms with Crippen LogP contribution in [0.3, 0.4) is 0 Å². The van der Waals surface area contributed by atoms with E-state index in [1.807, 2.05) is 0 Å². The summed E-state index contributed by atoms with van der Waals surface area (Å²) in [5, 5.41) is 41.8. The van der Waals surface area contributed by atoms with Gasteiger partial charge in [-0.1, -0.05) is 19.1 Å². The van der Waals surface area contributed by atoms with Gasteiger partial charge in [-0.25, -0.2) is 0 Å². The van der Waals surface area contributed by atoms with E-state index in [4.69, 9.17) is 0 Å². The van der Waals surface area contributed by atoms with Gasteiger partial charge < -0.3 is 20.4 Å². The zero-order chi connectivity index (χ0) is 18.8. The first-order valence-electron chi connectivity index (χ1n) is 8.48. The van der Waals surface area contributed by atoms with E-state index in [0.29, 0.717) is 12.0 Å². The second-order valence-electron chi connectivity index (χ2n) is 7.05. The summed E-state index contributed by atoms with van der Waals surface area (Å²) in [5.74, 6) is -1.82. The van der Waals surface area contributed by atoms with Gasteiger partial charge in [-0.2, -0.15) is 0 Å². The molecule has 0 saturated heterocycles. The SMILES string of the molecule is CC[C@]1(O)Cc2c(cc3c(c2O)C(=O)c2cccc(O)c2C3=O)[C@@H](O)C1. The Bertz CT molecular complexity index is 977. The van der Waals surface area contributed by atoms with Crippen LogP contribution in [0.5, 0.6) is 11.5 Å². The number of hydrogen-bond donors (Lipinski definition) is 4. The van der Waals surface area contributed by atoms with Crippen molar-refractivity contribution in [1.29, 1.82) is 0 Å². The molecule has 0 saturated carbocycles. The van der Waals surface area contributed by atoms with Crippen molar-refractivity contribution in [3.05, 3.63) is 57.6 Å². The molecule has 0 heterocycles. The van der Waals surface area contributed by atoms with Crippen LogP contribution in [-0.4, -0.2) is 37.6 Å². The Morgan fingerprint density at radius 2 is 1.81 bits per heavy atom. The van der Waals surface area contributed by atoms with Crippen molar-refractivity contribution >= 4 is 11.6 Å². The third-order valence-corrected chi connectivity index (χ3v) is 5.52. The molecule has 6 nitrogen and oxygen atoms in total. The van der Waals surface area contributed by atoms with Crippen molar-refractivity contribution in [1.82, 2.24) is 0 Å². The maximum atomic E-state index is 12.9. The minimum Gasteiger partial charge on any atom is -0.507 e. The van der Waals surface area contributed by atoms with Crippen molar-refractivity contribution in [3.8, 4) is 11.5 Å². The van der Waals surface area contributed by atoms with E-state index in [9.17, 15) is 30.0 Å². The molecule has 0 aromatic heterocycles. The van der Waals surface area contributed by atoms with Crippen molar-refractivity contribution in [2.24, 2.45) is 0 Å². The highest BCUT2D eigenvalue weighted by molar-refractivity contribution is 6.30. The summed E-state index contributed by atoms with van der Waals surface area (Å²) >= 11 is 0. The van der Waals surface area contributed by atoms with Gasteiger partial charge in [-0.15, -0.1) is 0 Å². The fourth-order valence-corrected chi connectivity index (χ4v) is 4.00. The topological polar surface area (TPSA) is 115 Å². The largest absolute Gasteiger partial charge is 0.507 e. The molecule has 26 heavy (non-hydrogen) atoms. The second-order valence-corrected chi connectivity index (χ2v) is 7.05. The molecular weight excluding hydrogens is 336 g/mol. The normalized spacial score (nSPS) is 24.0. The zero-order valence-electron chi connectivity index (χ0n) is 14.1. The number of carbonyl (C=O) groups is 2. The van der Waals surface area contributed by atoms with Gasteiger partial charge in [0, 0.05) is 29.5 Å². The van der Waals surface area contributed by atoms with E-state index in [0.717, 1.165) is 0 Å². The van der Waals surface area contributed by atoms with Gasteiger partial charge in [0.2, 0.25) is 0 Å². The van der Waals surface area contributed by atoms with Crippen LogP contribution in [-0.2, 0) is 6.42 Å². The number of rotatable bonds is 1. The van der Waals surface area contributed by atoms with Gasteiger partial charge in [0.25, 0.3) is 0 Å². The predicted octanol–water partition coefficient (Wildman–Crippen LogP) is 1.99. The Labute approximate surface area is 149 Å². The zero-order valence-corrected chi connectivity index (χ0v) is 14.1. The standard InChI is InChI=1S/C20H18O6/c1-2-20(26)7-12-10(14(22)8-20)6-11-16(19(12)25)17(23)9-4-3-5-13(21)15(9)18(11)24/h3-6,14,21-22,25-26H,2,7-8H2,1H3/t14-,20-/m0/s1.